The van der Waals surface area contributed by atoms with Crippen LogP contribution in [0.4, 0.5) is 0 Å². The molecule has 0 aliphatic rings. The van der Waals surface area contributed by atoms with Crippen molar-refractivity contribution in [1.82, 2.24) is 0 Å². The molecule has 5 aromatic rings. The third-order valence-electron chi connectivity index (χ3n) is 4.84. The van der Waals surface area contributed by atoms with Crippen LogP contribution in [-0.4, -0.2) is 9.52 Å². The second-order valence-corrected chi connectivity index (χ2v) is 12.2. The first-order chi connectivity index (χ1) is 14.9. The molecule has 0 fully saturated rings. The molecule has 4 heteroatoms. The summed E-state index contributed by atoms with van der Waals surface area (Å²) in [4.78, 5) is 0. The molecule has 158 valence electrons. The molecule has 0 atom stereocenters. The number of aryl methyl sites for hydroxylation is 3. The summed E-state index contributed by atoms with van der Waals surface area (Å²) in [6.45, 7) is 10.8. The maximum absolute atomic E-state index is 4.93. The van der Waals surface area contributed by atoms with Gasteiger partial charge in [0.25, 0.3) is 0 Å². The van der Waals surface area contributed by atoms with E-state index in [1.165, 1.54) is 49.0 Å². The largest absolute Gasteiger partial charge is 0.126 e. The van der Waals surface area contributed by atoms with E-state index >= 15 is 0 Å². The minimum atomic E-state index is -0.826. The zero-order valence-electron chi connectivity index (χ0n) is 18.8. The van der Waals surface area contributed by atoms with Crippen LogP contribution in [0.25, 0.3) is 32.3 Å². The SMILES string of the molecule is C[Si]C.Cc1cc(C)c2cc(C)[cH-]c2c1.[Cl][Zr+2][Cl].c1ccc2c(c1)[cH-]c1ccccc12. The van der Waals surface area contributed by atoms with E-state index in [1.807, 2.05) is 0 Å². The molecule has 0 unspecified atom stereocenters. The quantitative estimate of drug-likeness (QED) is 0.135. The number of rotatable bonds is 0. The van der Waals surface area contributed by atoms with E-state index in [-0.39, 0.29) is 0 Å². The van der Waals surface area contributed by atoms with Gasteiger partial charge in [0.05, 0.1) is 0 Å². The fraction of sp³-hybridized carbons (Fsp3) is 0.185. The van der Waals surface area contributed by atoms with Crippen molar-refractivity contribution >= 4 is 58.9 Å². The predicted molar refractivity (Wildman–Crippen MR) is 140 cm³/mol. The van der Waals surface area contributed by atoms with Gasteiger partial charge in [-0.15, -0.1) is 68.2 Å². The van der Waals surface area contributed by atoms with Gasteiger partial charge in [-0.2, -0.15) is 6.07 Å². The van der Waals surface area contributed by atoms with Crippen LogP contribution in [0.15, 0.2) is 78.9 Å². The topological polar surface area (TPSA) is 0 Å². The van der Waals surface area contributed by atoms with Gasteiger partial charge in [0.1, 0.15) is 0 Å². The summed E-state index contributed by atoms with van der Waals surface area (Å²) >= 11 is -0.826. The molecule has 0 amide bonds. The summed E-state index contributed by atoms with van der Waals surface area (Å²) in [6, 6.07) is 28.3. The molecular weight excluding hydrogens is 515 g/mol. The average molecular weight is 543 g/mol. The summed E-state index contributed by atoms with van der Waals surface area (Å²) in [6.07, 6.45) is 0. The standard InChI is InChI=1S/C13H9.C12H13.C2H6Si.2ClH.Zr/c1-3-7-12-10(5-1)9-11-6-2-4-8-13(11)12;1-8-4-10(3)12-7-9(2)6-11(12)5-8;1-3-2;;;/h1-9H;4-7H,1-3H3;1-2H3;2*1H;/q2*-1;;;;+4/p-2. The number of fused-ring (bicyclic) bond motifs is 4. The van der Waals surface area contributed by atoms with E-state index in [0.717, 1.165) is 9.52 Å². The summed E-state index contributed by atoms with van der Waals surface area (Å²) in [7, 11) is 11.0. The van der Waals surface area contributed by atoms with Gasteiger partial charge >= 0.3 is 37.9 Å². The molecule has 0 aliphatic heterocycles. The molecule has 0 nitrogen and oxygen atoms in total. The van der Waals surface area contributed by atoms with Crippen molar-refractivity contribution in [3.8, 4) is 0 Å². The van der Waals surface area contributed by atoms with Gasteiger partial charge in [-0.05, 0) is 13.8 Å². The van der Waals surface area contributed by atoms with Crippen LogP contribution in [0.5, 0.6) is 0 Å². The van der Waals surface area contributed by atoms with Crippen LogP contribution in [-0.2, 0) is 20.8 Å². The van der Waals surface area contributed by atoms with Gasteiger partial charge in [0.2, 0.25) is 0 Å². The Bertz CT molecular complexity index is 1170. The predicted octanol–water partition coefficient (Wildman–Crippen LogP) is 9.36. The van der Waals surface area contributed by atoms with Gasteiger partial charge in [-0.3, -0.25) is 0 Å². The minimum absolute atomic E-state index is 0.826. The molecule has 0 saturated heterocycles. The van der Waals surface area contributed by atoms with Crippen LogP contribution < -0.4 is 0 Å². The average Bonchev–Trinajstić information content (AvgIpc) is 3.30. The second kappa shape index (κ2) is 13.4. The van der Waals surface area contributed by atoms with Gasteiger partial charge in [0, 0.05) is 9.52 Å². The van der Waals surface area contributed by atoms with Crippen LogP contribution in [0.1, 0.15) is 16.7 Å². The Morgan fingerprint density at radius 1 is 0.677 bits per heavy atom. The first-order valence-corrected chi connectivity index (χ1v) is 18.5. The van der Waals surface area contributed by atoms with E-state index in [9.17, 15) is 0 Å². The van der Waals surface area contributed by atoms with E-state index in [1.54, 1.807) is 0 Å². The van der Waals surface area contributed by atoms with E-state index < -0.39 is 20.8 Å². The normalized spacial score (nSPS) is 9.77. The second-order valence-electron chi connectivity index (χ2n) is 7.51. The number of halogens is 2. The van der Waals surface area contributed by atoms with E-state index in [4.69, 9.17) is 17.0 Å². The zero-order chi connectivity index (χ0) is 22.8. The van der Waals surface area contributed by atoms with Crippen molar-refractivity contribution in [3.05, 3.63) is 95.6 Å². The third kappa shape index (κ3) is 7.43. The van der Waals surface area contributed by atoms with Crippen LogP contribution in [0.2, 0.25) is 13.1 Å². The zero-order valence-corrected chi connectivity index (χ0v) is 23.7. The summed E-state index contributed by atoms with van der Waals surface area (Å²) in [5.74, 6) is 0. The molecule has 0 aliphatic carbocycles. The Morgan fingerprint density at radius 2 is 1.16 bits per heavy atom. The van der Waals surface area contributed by atoms with Crippen molar-refractivity contribution in [2.45, 2.75) is 33.9 Å². The maximum atomic E-state index is 4.93. The van der Waals surface area contributed by atoms with E-state index in [2.05, 4.69) is 113 Å². The molecule has 0 bridgehead atoms. The smallest absolute Gasteiger partial charge is 0.0771 e. The summed E-state index contributed by atoms with van der Waals surface area (Å²) in [5.41, 5.74) is 4.10. The Kier molecular flexibility index (Phi) is 11.3. The van der Waals surface area contributed by atoms with Gasteiger partial charge in [0.15, 0.2) is 0 Å². The minimum Gasteiger partial charge on any atom is -0.126 e. The number of benzene rings is 3. The molecule has 2 radical (unpaired) electrons. The Hall–Kier alpha value is -1.18. The summed E-state index contributed by atoms with van der Waals surface area (Å²) < 4.78 is 0. The van der Waals surface area contributed by atoms with Crippen molar-refractivity contribution in [2.24, 2.45) is 0 Å². The number of hydrogen-bond donors (Lipinski definition) is 0. The maximum Gasteiger partial charge on any atom is -0.0771 e. The first-order valence-electron chi connectivity index (χ1n) is 10.2. The Balaban J connectivity index is 0.000000177. The summed E-state index contributed by atoms with van der Waals surface area (Å²) in [5, 5.41) is 8.17. The van der Waals surface area contributed by atoms with Crippen molar-refractivity contribution in [2.75, 3.05) is 0 Å². The van der Waals surface area contributed by atoms with Gasteiger partial charge in [-0.1, -0.05) is 73.6 Å². The number of hydrogen-bond acceptors (Lipinski definition) is 0. The fourth-order valence-electron chi connectivity index (χ4n) is 3.75. The van der Waals surface area contributed by atoms with Gasteiger partial charge < -0.3 is 0 Å². The molecule has 0 spiro atoms. The van der Waals surface area contributed by atoms with Crippen molar-refractivity contribution < 1.29 is 20.8 Å². The van der Waals surface area contributed by atoms with Crippen LogP contribution in [0, 0.1) is 20.8 Å². The van der Waals surface area contributed by atoms with Crippen molar-refractivity contribution in [1.29, 1.82) is 0 Å². The monoisotopic (exact) mass is 540 g/mol. The molecule has 0 saturated carbocycles. The molecule has 0 aromatic heterocycles. The molecule has 0 N–H and O–H groups in total. The molecule has 0 heterocycles. The van der Waals surface area contributed by atoms with Crippen molar-refractivity contribution in [3.63, 3.8) is 0 Å². The van der Waals surface area contributed by atoms with Crippen LogP contribution in [0.3, 0.4) is 0 Å². The van der Waals surface area contributed by atoms with E-state index in [0.29, 0.717) is 0 Å². The first kappa shape index (κ1) is 26.1. The molecule has 5 aromatic carbocycles. The Morgan fingerprint density at radius 3 is 1.68 bits per heavy atom. The fourth-order valence-corrected chi connectivity index (χ4v) is 3.75. The Labute approximate surface area is 207 Å². The van der Waals surface area contributed by atoms with Crippen LogP contribution >= 0.6 is 17.0 Å². The molecule has 31 heavy (non-hydrogen) atoms. The van der Waals surface area contributed by atoms with Gasteiger partial charge in [-0.25, -0.2) is 0 Å². The third-order valence-corrected chi connectivity index (χ3v) is 4.84. The molecule has 5 rings (SSSR count). The molecular formula is C27H28Cl2SiZr.